The molecule has 1 atom stereocenters. The van der Waals surface area contributed by atoms with Gasteiger partial charge in [0, 0.05) is 6.61 Å². The summed E-state index contributed by atoms with van der Waals surface area (Å²) in [6.45, 7) is 4.88. The number of aliphatic hydroxyl groups excluding tert-OH is 1. The molecule has 0 heterocycles. The Morgan fingerprint density at radius 2 is 0.610 bits per heavy atom. The van der Waals surface area contributed by atoms with Crippen molar-refractivity contribution < 1.29 is 15.0 Å². The van der Waals surface area contributed by atoms with Crippen LogP contribution in [0.15, 0.2) is 0 Å². The molecule has 1 unspecified atom stereocenters. The van der Waals surface area contributed by atoms with Crippen LogP contribution in [-0.4, -0.2) is 22.8 Å². The van der Waals surface area contributed by atoms with Crippen LogP contribution in [-0.2, 0) is 4.79 Å². The highest BCUT2D eigenvalue weighted by atomic mass is 16.4. The summed E-state index contributed by atoms with van der Waals surface area (Å²) >= 11 is 0. The summed E-state index contributed by atoms with van der Waals surface area (Å²) in [7, 11) is 0. The van der Waals surface area contributed by atoms with Crippen molar-refractivity contribution >= 4 is 5.97 Å². The lowest BCUT2D eigenvalue weighted by atomic mass is 9.74. The Bertz CT molecular complexity index is 520. The Morgan fingerprint density at radius 1 is 0.390 bits per heavy atom. The number of aliphatic carboxylic acids is 1. The van der Waals surface area contributed by atoms with Gasteiger partial charge < -0.3 is 10.2 Å². The van der Waals surface area contributed by atoms with E-state index in [1.165, 1.54) is 167 Å². The van der Waals surface area contributed by atoms with Crippen molar-refractivity contribution in [1.82, 2.24) is 0 Å². The topological polar surface area (TPSA) is 57.5 Å². The van der Waals surface area contributed by atoms with E-state index in [4.69, 9.17) is 5.11 Å². The van der Waals surface area contributed by atoms with Gasteiger partial charge in [-0.2, -0.15) is 0 Å². The van der Waals surface area contributed by atoms with Crippen LogP contribution < -0.4 is 0 Å². The number of hydrogen-bond acceptors (Lipinski definition) is 2. The van der Waals surface area contributed by atoms with Gasteiger partial charge >= 0.3 is 5.97 Å². The Hall–Kier alpha value is -0.570. The molecule has 0 radical (unpaired) electrons. The summed E-state index contributed by atoms with van der Waals surface area (Å²) in [5.74, 6) is -0.504. The van der Waals surface area contributed by atoms with Gasteiger partial charge in [-0.3, -0.25) is 4.79 Å². The molecule has 3 heteroatoms. The first-order chi connectivity index (χ1) is 20.1. The lowest BCUT2D eigenvalue weighted by Crippen LogP contribution is -2.31. The van der Waals surface area contributed by atoms with Crippen LogP contribution in [0.2, 0.25) is 0 Å². The van der Waals surface area contributed by atoms with E-state index >= 15 is 0 Å². The van der Waals surface area contributed by atoms with Crippen LogP contribution in [0.25, 0.3) is 0 Å². The largest absolute Gasteiger partial charge is 0.481 e. The van der Waals surface area contributed by atoms with Crippen LogP contribution >= 0.6 is 0 Å². The quantitative estimate of drug-likeness (QED) is 0.0733. The number of aliphatic hydroxyl groups is 1. The zero-order valence-electron chi connectivity index (χ0n) is 28.3. The molecule has 0 saturated heterocycles. The highest BCUT2D eigenvalue weighted by Gasteiger charge is 2.36. The van der Waals surface area contributed by atoms with E-state index in [9.17, 15) is 9.90 Å². The summed E-state index contributed by atoms with van der Waals surface area (Å²) in [6.07, 6.45) is 41.1. The first-order valence-corrected chi connectivity index (χ1v) is 19.0. The van der Waals surface area contributed by atoms with Gasteiger partial charge in [-0.1, -0.05) is 200 Å². The van der Waals surface area contributed by atoms with Crippen molar-refractivity contribution in [2.75, 3.05) is 6.61 Å². The van der Waals surface area contributed by atoms with Gasteiger partial charge in [0.15, 0.2) is 0 Å². The molecule has 3 nitrogen and oxygen atoms in total. The van der Waals surface area contributed by atoms with E-state index in [0.29, 0.717) is 6.61 Å². The highest BCUT2D eigenvalue weighted by molar-refractivity contribution is 5.74. The molecule has 0 spiro atoms. The Kier molecular flexibility index (Phi) is 31.9. The summed E-state index contributed by atoms with van der Waals surface area (Å²) in [4.78, 5) is 12.6. The van der Waals surface area contributed by atoms with Crippen molar-refractivity contribution in [3.63, 3.8) is 0 Å². The molecular formula is C38H76O3. The van der Waals surface area contributed by atoms with Gasteiger partial charge in [-0.05, 0) is 25.7 Å². The van der Waals surface area contributed by atoms with Crippen molar-refractivity contribution in [2.24, 2.45) is 5.41 Å². The van der Waals surface area contributed by atoms with E-state index < -0.39 is 11.4 Å². The van der Waals surface area contributed by atoms with Crippen LogP contribution in [0.3, 0.4) is 0 Å². The maximum Gasteiger partial charge on any atom is 0.309 e. The fourth-order valence-corrected chi connectivity index (χ4v) is 6.59. The second-order valence-electron chi connectivity index (χ2n) is 13.5. The molecule has 0 aliphatic heterocycles. The molecule has 0 fully saturated rings. The first-order valence-electron chi connectivity index (χ1n) is 19.0. The predicted molar refractivity (Wildman–Crippen MR) is 181 cm³/mol. The number of carboxylic acid groups (broad SMARTS) is 1. The van der Waals surface area contributed by atoms with Crippen LogP contribution in [0.4, 0.5) is 0 Å². The standard InChI is InChI=1S/C38H76O3/c1-3-5-7-9-11-12-19-22-26-30-34-38(37(40)41,33-29-25-10-8-6-4-2)35-31-27-23-20-17-15-13-14-16-18-21-24-28-32-36-39/h39H,3-36H2,1-2H3,(H,40,41). The van der Waals surface area contributed by atoms with E-state index in [-0.39, 0.29) is 0 Å². The number of hydrogen-bond donors (Lipinski definition) is 2. The third-order valence-electron chi connectivity index (χ3n) is 9.53. The minimum atomic E-state index is -0.504. The van der Waals surface area contributed by atoms with E-state index in [1.807, 2.05) is 0 Å². The molecule has 0 aliphatic carbocycles. The highest BCUT2D eigenvalue weighted by Crippen LogP contribution is 2.38. The average molecular weight is 581 g/mol. The van der Waals surface area contributed by atoms with Crippen LogP contribution in [0.5, 0.6) is 0 Å². The SMILES string of the molecule is CCCCCCCCCCCCC(CCCCCCCC)(CCCCCCCCCCCCCCCCO)C(=O)O. The number of unbranched alkanes of at least 4 members (excludes halogenated alkanes) is 27. The molecule has 0 amide bonds. The fourth-order valence-electron chi connectivity index (χ4n) is 6.59. The van der Waals surface area contributed by atoms with E-state index in [0.717, 1.165) is 44.9 Å². The Balaban J connectivity index is 4.21. The Labute approximate surface area is 258 Å². The van der Waals surface area contributed by atoms with E-state index in [2.05, 4.69) is 13.8 Å². The monoisotopic (exact) mass is 581 g/mol. The summed E-state index contributed by atoms with van der Waals surface area (Å²) in [6, 6.07) is 0. The molecule has 0 rings (SSSR count). The lowest BCUT2D eigenvalue weighted by Gasteiger charge is -2.30. The molecule has 41 heavy (non-hydrogen) atoms. The molecule has 2 N–H and O–H groups in total. The molecule has 0 aromatic carbocycles. The van der Waals surface area contributed by atoms with Gasteiger partial charge in [0.2, 0.25) is 0 Å². The smallest absolute Gasteiger partial charge is 0.309 e. The normalized spacial score (nSPS) is 13.0. The average Bonchev–Trinajstić information content (AvgIpc) is 2.97. The molecule has 0 aromatic heterocycles. The van der Waals surface area contributed by atoms with Gasteiger partial charge in [0.25, 0.3) is 0 Å². The first kappa shape index (κ1) is 40.4. The maximum atomic E-state index is 12.6. The zero-order valence-corrected chi connectivity index (χ0v) is 28.3. The second kappa shape index (κ2) is 32.3. The molecule has 246 valence electrons. The van der Waals surface area contributed by atoms with Crippen LogP contribution in [0.1, 0.15) is 226 Å². The number of rotatable bonds is 35. The van der Waals surface area contributed by atoms with Gasteiger partial charge in [-0.15, -0.1) is 0 Å². The molecule has 0 aliphatic rings. The summed E-state index contributed by atoms with van der Waals surface area (Å²) in [5, 5.41) is 19.3. The van der Waals surface area contributed by atoms with Crippen LogP contribution in [0, 0.1) is 5.41 Å². The van der Waals surface area contributed by atoms with Crippen molar-refractivity contribution in [3.8, 4) is 0 Å². The van der Waals surface area contributed by atoms with Gasteiger partial charge in [-0.25, -0.2) is 0 Å². The summed E-state index contributed by atoms with van der Waals surface area (Å²) in [5.41, 5.74) is -0.469. The summed E-state index contributed by atoms with van der Waals surface area (Å²) < 4.78 is 0. The van der Waals surface area contributed by atoms with Crippen molar-refractivity contribution in [2.45, 2.75) is 226 Å². The molecular weight excluding hydrogens is 504 g/mol. The lowest BCUT2D eigenvalue weighted by molar-refractivity contribution is -0.150. The zero-order chi connectivity index (χ0) is 30.1. The maximum absolute atomic E-state index is 12.6. The molecule has 0 saturated carbocycles. The number of carboxylic acids is 1. The van der Waals surface area contributed by atoms with Gasteiger partial charge in [0.1, 0.15) is 0 Å². The minimum absolute atomic E-state index is 0.346. The van der Waals surface area contributed by atoms with Crippen molar-refractivity contribution in [1.29, 1.82) is 0 Å². The van der Waals surface area contributed by atoms with E-state index in [1.54, 1.807) is 0 Å². The molecule has 0 bridgehead atoms. The molecule has 0 aromatic rings. The second-order valence-corrected chi connectivity index (χ2v) is 13.5. The number of carbonyl (C=O) groups is 1. The fraction of sp³-hybridized carbons (Fsp3) is 0.974. The predicted octanol–water partition coefficient (Wildman–Crippen LogP) is 13.0. The van der Waals surface area contributed by atoms with Gasteiger partial charge in [0.05, 0.1) is 5.41 Å². The van der Waals surface area contributed by atoms with Crippen molar-refractivity contribution in [3.05, 3.63) is 0 Å². The third-order valence-corrected chi connectivity index (χ3v) is 9.53. The third kappa shape index (κ3) is 26.8. The Morgan fingerprint density at radius 3 is 0.829 bits per heavy atom. The minimum Gasteiger partial charge on any atom is -0.481 e.